The number of carbonyl (C=O) groups is 2. The minimum atomic E-state index is -0.233. The number of ketones is 2. The molecule has 7 heteroatoms. The van der Waals surface area contributed by atoms with Crippen molar-refractivity contribution in [1.82, 2.24) is 0 Å². The molecule has 0 bridgehead atoms. The second kappa shape index (κ2) is 16.5. The Morgan fingerprint density at radius 1 is 0.704 bits per heavy atom. The molecule has 0 aromatic heterocycles. The van der Waals surface area contributed by atoms with Gasteiger partial charge in [-0.15, -0.1) is 0 Å². The van der Waals surface area contributed by atoms with Crippen LogP contribution in [0.5, 0.6) is 0 Å². The SMILES string of the molecule is CC(=O)/C=C(\[O-])c1ccccc1.CC(=O)/C=C(\[O-])c1ccccc1.O.[Eu+3].[OH-]. The van der Waals surface area contributed by atoms with Gasteiger partial charge in [0.05, 0.1) is 0 Å². The molecule has 2 aromatic carbocycles. The summed E-state index contributed by atoms with van der Waals surface area (Å²) in [7, 11) is 0. The first-order valence-electron chi connectivity index (χ1n) is 7.29. The molecule has 144 valence electrons. The third kappa shape index (κ3) is 13.2. The van der Waals surface area contributed by atoms with E-state index in [0.29, 0.717) is 11.1 Å². The molecular formula is C20H21EuO6. The predicted octanol–water partition coefficient (Wildman–Crippen LogP) is 0.952. The largest absolute Gasteiger partial charge is 3.00 e. The van der Waals surface area contributed by atoms with Crippen LogP contribution in [0.3, 0.4) is 0 Å². The van der Waals surface area contributed by atoms with E-state index in [-0.39, 0.29) is 83.4 Å². The Bertz CT molecular complexity index is 674. The van der Waals surface area contributed by atoms with Gasteiger partial charge in [-0.25, -0.2) is 0 Å². The fourth-order valence-electron chi connectivity index (χ4n) is 1.74. The molecule has 3 N–H and O–H groups in total. The maximum atomic E-state index is 11.2. The summed E-state index contributed by atoms with van der Waals surface area (Å²) < 4.78 is 0. The van der Waals surface area contributed by atoms with E-state index >= 15 is 0 Å². The Hall–Kier alpha value is -1.64. The number of hydrogen-bond donors (Lipinski definition) is 0. The van der Waals surface area contributed by atoms with Crippen molar-refractivity contribution in [2.45, 2.75) is 13.8 Å². The van der Waals surface area contributed by atoms with Gasteiger partial charge in [0.25, 0.3) is 0 Å². The van der Waals surface area contributed by atoms with Crippen LogP contribution < -0.4 is 10.2 Å². The van der Waals surface area contributed by atoms with Gasteiger partial charge in [-0.05, 0) is 37.1 Å². The van der Waals surface area contributed by atoms with Crippen LogP contribution in [0.4, 0.5) is 0 Å². The monoisotopic (exact) mass is 510 g/mol. The molecule has 0 saturated carbocycles. The van der Waals surface area contributed by atoms with Crippen molar-refractivity contribution in [2.24, 2.45) is 0 Å². The Labute approximate surface area is 199 Å². The van der Waals surface area contributed by atoms with Gasteiger partial charge in [-0.1, -0.05) is 72.2 Å². The quantitative estimate of drug-likeness (QED) is 0.446. The summed E-state index contributed by atoms with van der Waals surface area (Å²) in [6.07, 6.45) is 2.19. The maximum absolute atomic E-state index is 11.2. The van der Waals surface area contributed by atoms with E-state index in [1.54, 1.807) is 48.5 Å². The topological polar surface area (TPSA) is 142 Å². The first kappa shape index (κ1) is 30.1. The Morgan fingerprint density at radius 3 is 1.19 bits per heavy atom. The molecule has 0 heterocycles. The zero-order valence-electron chi connectivity index (χ0n) is 14.9. The van der Waals surface area contributed by atoms with Crippen molar-refractivity contribution < 1.29 is 80.1 Å². The molecule has 0 atom stereocenters. The van der Waals surface area contributed by atoms with Crippen LogP contribution in [0, 0.1) is 49.4 Å². The van der Waals surface area contributed by atoms with Crippen LogP contribution in [-0.4, -0.2) is 22.5 Å². The average molecular weight is 509 g/mol. The summed E-state index contributed by atoms with van der Waals surface area (Å²) in [5.41, 5.74) is 1.10. The van der Waals surface area contributed by atoms with Crippen LogP contribution >= 0.6 is 0 Å². The number of benzene rings is 2. The molecule has 0 spiro atoms. The molecular weight excluding hydrogens is 488 g/mol. The number of rotatable bonds is 4. The fourth-order valence-corrected chi connectivity index (χ4v) is 1.74. The molecule has 27 heavy (non-hydrogen) atoms. The second-order valence-corrected chi connectivity index (χ2v) is 4.97. The summed E-state index contributed by atoms with van der Waals surface area (Å²) in [6, 6.07) is 17.4. The molecule has 0 radical (unpaired) electrons. The number of allylic oxidation sites excluding steroid dienone is 2. The third-order valence-corrected chi connectivity index (χ3v) is 2.79. The summed E-state index contributed by atoms with van der Waals surface area (Å²) in [5, 5.41) is 22.4. The molecule has 0 saturated heterocycles. The standard InChI is InChI=1S/2C10H10O2.Eu.2H2O/c2*1-8(11)7-10(12)9-5-3-2-4-6-9;;;/h2*2-7,12H,1H3;;2*1H2/q;;+3;;/p-3/b2*10-7-;;;. The summed E-state index contributed by atoms with van der Waals surface area (Å²) >= 11 is 0. The Morgan fingerprint density at radius 2 is 0.963 bits per heavy atom. The minimum Gasteiger partial charge on any atom is -0.872 e. The van der Waals surface area contributed by atoms with E-state index in [9.17, 15) is 19.8 Å². The third-order valence-electron chi connectivity index (χ3n) is 2.79. The molecule has 0 unspecified atom stereocenters. The van der Waals surface area contributed by atoms with Crippen LogP contribution in [0.25, 0.3) is 11.5 Å². The van der Waals surface area contributed by atoms with E-state index in [4.69, 9.17) is 0 Å². The summed E-state index contributed by atoms with van der Waals surface area (Å²) in [5.74, 6) is -0.904. The van der Waals surface area contributed by atoms with Crippen molar-refractivity contribution in [3.8, 4) is 0 Å². The van der Waals surface area contributed by atoms with Gasteiger partial charge in [0, 0.05) is 0 Å². The van der Waals surface area contributed by atoms with Crippen LogP contribution in [0.1, 0.15) is 25.0 Å². The molecule has 6 nitrogen and oxygen atoms in total. The van der Waals surface area contributed by atoms with Gasteiger partial charge in [0.15, 0.2) is 11.6 Å². The van der Waals surface area contributed by atoms with E-state index in [1.807, 2.05) is 12.1 Å². The summed E-state index contributed by atoms with van der Waals surface area (Å²) in [6.45, 7) is 2.72. The van der Waals surface area contributed by atoms with Gasteiger partial charge in [0.1, 0.15) is 0 Å². The van der Waals surface area contributed by atoms with Crippen molar-refractivity contribution in [2.75, 3.05) is 0 Å². The zero-order chi connectivity index (χ0) is 17.9. The van der Waals surface area contributed by atoms with Crippen molar-refractivity contribution in [3.05, 3.63) is 83.9 Å². The van der Waals surface area contributed by atoms with Gasteiger partial charge in [-0.2, -0.15) is 0 Å². The number of carbonyl (C=O) groups excluding carboxylic acids is 2. The first-order valence-corrected chi connectivity index (χ1v) is 7.29. The average Bonchev–Trinajstić information content (AvgIpc) is 2.56. The first-order chi connectivity index (χ1) is 11.4. The normalized spacial score (nSPS) is 10.0. The molecule has 0 aliphatic rings. The molecule has 0 amide bonds. The van der Waals surface area contributed by atoms with Crippen molar-refractivity contribution in [3.63, 3.8) is 0 Å². The van der Waals surface area contributed by atoms with E-state index < -0.39 is 0 Å². The molecule has 0 aliphatic heterocycles. The van der Waals surface area contributed by atoms with Gasteiger partial charge in [-0.3, -0.25) is 9.59 Å². The Balaban J connectivity index is -0.000000384. The second-order valence-electron chi connectivity index (χ2n) is 4.97. The van der Waals surface area contributed by atoms with Crippen LogP contribution in [0.15, 0.2) is 72.8 Å². The molecule has 0 aliphatic carbocycles. The van der Waals surface area contributed by atoms with Gasteiger partial charge >= 0.3 is 49.4 Å². The van der Waals surface area contributed by atoms with E-state index in [1.165, 1.54) is 13.8 Å². The van der Waals surface area contributed by atoms with Gasteiger partial charge < -0.3 is 21.2 Å². The van der Waals surface area contributed by atoms with Crippen LogP contribution in [0.2, 0.25) is 0 Å². The summed E-state index contributed by atoms with van der Waals surface area (Å²) in [4.78, 5) is 21.1. The van der Waals surface area contributed by atoms with E-state index in [2.05, 4.69) is 0 Å². The van der Waals surface area contributed by atoms with Crippen LogP contribution in [-0.2, 0) is 9.59 Å². The van der Waals surface area contributed by atoms with Gasteiger partial charge in [0.2, 0.25) is 0 Å². The molecule has 2 rings (SSSR count). The van der Waals surface area contributed by atoms with E-state index in [0.717, 1.165) is 12.2 Å². The maximum Gasteiger partial charge on any atom is 3.00 e. The smallest absolute Gasteiger partial charge is 0.872 e. The molecule has 0 fully saturated rings. The number of hydrogen-bond acceptors (Lipinski definition) is 5. The van der Waals surface area contributed by atoms with Crippen molar-refractivity contribution in [1.29, 1.82) is 0 Å². The zero-order valence-corrected chi connectivity index (χ0v) is 17.3. The van der Waals surface area contributed by atoms with Crippen molar-refractivity contribution >= 4 is 23.1 Å². The fraction of sp³-hybridized carbons (Fsp3) is 0.100. The Kier molecular flexibility index (Phi) is 18.4. The predicted molar refractivity (Wildman–Crippen MR) is 95.7 cm³/mol. The minimum absolute atomic E-state index is 0. The molecule has 2 aromatic rings.